The third kappa shape index (κ3) is 2.70. The van der Waals surface area contributed by atoms with Crippen LogP contribution in [-0.2, 0) is 6.42 Å². The van der Waals surface area contributed by atoms with Crippen LogP contribution in [0.1, 0.15) is 18.9 Å². The van der Waals surface area contributed by atoms with E-state index in [4.69, 9.17) is 10.5 Å². The Morgan fingerprint density at radius 2 is 2.21 bits per heavy atom. The fraction of sp³-hybridized carbons (Fsp3) is 0.455. The van der Waals surface area contributed by atoms with Crippen LogP contribution in [0.25, 0.3) is 0 Å². The van der Waals surface area contributed by atoms with Gasteiger partial charge in [0, 0.05) is 6.04 Å². The first-order valence-electron chi connectivity index (χ1n) is 4.75. The van der Waals surface area contributed by atoms with Crippen molar-refractivity contribution in [3.05, 3.63) is 29.6 Å². The number of methoxy groups -OCH3 is 1. The molecule has 1 atom stereocenters. The first kappa shape index (κ1) is 11.0. The molecule has 2 nitrogen and oxygen atoms in total. The maximum absolute atomic E-state index is 12.9. The Balaban J connectivity index is 2.87. The smallest absolute Gasteiger partial charge is 0.123 e. The van der Waals surface area contributed by atoms with Gasteiger partial charge in [-0.25, -0.2) is 4.39 Å². The monoisotopic (exact) mass is 197 g/mol. The van der Waals surface area contributed by atoms with Gasteiger partial charge in [0.1, 0.15) is 11.6 Å². The lowest BCUT2D eigenvalue weighted by atomic mass is 10.0. The molecule has 0 spiro atoms. The summed E-state index contributed by atoms with van der Waals surface area (Å²) in [5.41, 5.74) is 6.64. The van der Waals surface area contributed by atoms with Crippen LogP contribution in [0.15, 0.2) is 18.2 Å². The molecule has 0 saturated heterocycles. The molecule has 0 aliphatic carbocycles. The van der Waals surface area contributed by atoms with Crippen LogP contribution in [-0.4, -0.2) is 13.2 Å². The van der Waals surface area contributed by atoms with Crippen molar-refractivity contribution in [3.63, 3.8) is 0 Å². The maximum Gasteiger partial charge on any atom is 0.123 e. The lowest BCUT2D eigenvalue weighted by molar-refractivity contribution is 0.406. The van der Waals surface area contributed by atoms with Gasteiger partial charge in [-0.2, -0.15) is 0 Å². The third-order valence-corrected chi connectivity index (χ3v) is 2.25. The fourth-order valence-electron chi connectivity index (χ4n) is 1.33. The number of hydrogen-bond donors (Lipinski definition) is 1. The summed E-state index contributed by atoms with van der Waals surface area (Å²) in [5, 5.41) is 0. The summed E-state index contributed by atoms with van der Waals surface area (Å²) in [6, 6.07) is 4.56. The Labute approximate surface area is 83.9 Å². The molecular formula is C11H16FNO. The Kier molecular flexibility index (Phi) is 3.89. The van der Waals surface area contributed by atoms with E-state index in [0.29, 0.717) is 12.2 Å². The van der Waals surface area contributed by atoms with E-state index in [9.17, 15) is 4.39 Å². The molecule has 3 heteroatoms. The molecule has 0 heterocycles. The van der Waals surface area contributed by atoms with Crippen LogP contribution >= 0.6 is 0 Å². The molecular weight excluding hydrogens is 181 g/mol. The van der Waals surface area contributed by atoms with Gasteiger partial charge in [-0.15, -0.1) is 0 Å². The Morgan fingerprint density at radius 3 is 2.79 bits per heavy atom. The zero-order valence-electron chi connectivity index (χ0n) is 8.59. The molecule has 0 saturated carbocycles. The Morgan fingerprint density at radius 1 is 1.50 bits per heavy atom. The van der Waals surface area contributed by atoms with E-state index in [-0.39, 0.29) is 11.9 Å². The highest BCUT2D eigenvalue weighted by Crippen LogP contribution is 2.20. The number of rotatable bonds is 4. The van der Waals surface area contributed by atoms with Crippen molar-refractivity contribution in [2.45, 2.75) is 25.8 Å². The van der Waals surface area contributed by atoms with Crippen molar-refractivity contribution < 1.29 is 9.13 Å². The summed E-state index contributed by atoms with van der Waals surface area (Å²) >= 11 is 0. The van der Waals surface area contributed by atoms with E-state index >= 15 is 0 Å². The highest BCUT2D eigenvalue weighted by molar-refractivity contribution is 5.34. The second kappa shape index (κ2) is 4.96. The first-order chi connectivity index (χ1) is 6.67. The van der Waals surface area contributed by atoms with Crippen LogP contribution in [0.4, 0.5) is 4.39 Å². The Bertz CT molecular complexity index is 301. The minimum absolute atomic E-state index is 0.0608. The van der Waals surface area contributed by atoms with Gasteiger partial charge in [0.2, 0.25) is 0 Å². The molecule has 0 amide bonds. The molecule has 0 bridgehead atoms. The summed E-state index contributed by atoms with van der Waals surface area (Å²) in [7, 11) is 1.58. The van der Waals surface area contributed by atoms with E-state index in [1.807, 2.05) is 6.92 Å². The molecule has 1 aromatic carbocycles. The molecule has 0 aliphatic rings. The quantitative estimate of drug-likeness (QED) is 0.802. The van der Waals surface area contributed by atoms with Crippen LogP contribution in [0.2, 0.25) is 0 Å². The van der Waals surface area contributed by atoms with Crippen molar-refractivity contribution in [3.8, 4) is 5.75 Å². The molecule has 0 fully saturated rings. The number of benzene rings is 1. The normalized spacial score (nSPS) is 12.6. The maximum atomic E-state index is 12.9. The minimum atomic E-state index is -0.246. The zero-order chi connectivity index (χ0) is 10.6. The van der Waals surface area contributed by atoms with Crippen molar-refractivity contribution >= 4 is 0 Å². The van der Waals surface area contributed by atoms with Gasteiger partial charge in [0.05, 0.1) is 7.11 Å². The molecule has 0 radical (unpaired) electrons. The Hall–Kier alpha value is -1.09. The molecule has 1 unspecified atom stereocenters. The predicted octanol–water partition coefficient (Wildman–Crippen LogP) is 2.11. The molecule has 0 aliphatic heterocycles. The average molecular weight is 197 g/mol. The second-order valence-corrected chi connectivity index (χ2v) is 3.33. The van der Waals surface area contributed by atoms with E-state index in [1.54, 1.807) is 13.2 Å². The van der Waals surface area contributed by atoms with Gasteiger partial charge in [-0.05, 0) is 36.6 Å². The lowest BCUT2D eigenvalue weighted by Gasteiger charge is -2.12. The minimum Gasteiger partial charge on any atom is -0.496 e. The van der Waals surface area contributed by atoms with Gasteiger partial charge in [-0.3, -0.25) is 0 Å². The van der Waals surface area contributed by atoms with Crippen molar-refractivity contribution in [1.82, 2.24) is 0 Å². The second-order valence-electron chi connectivity index (χ2n) is 3.33. The van der Waals surface area contributed by atoms with Gasteiger partial charge >= 0.3 is 0 Å². The van der Waals surface area contributed by atoms with Crippen molar-refractivity contribution in [2.24, 2.45) is 5.73 Å². The summed E-state index contributed by atoms with van der Waals surface area (Å²) in [4.78, 5) is 0. The zero-order valence-corrected chi connectivity index (χ0v) is 8.59. The molecule has 14 heavy (non-hydrogen) atoms. The number of hydrogen-bond acceptors (Lipinski definition) is 2. The van der Waals surface area contributed by atoms with E-state index in [2.05, 4.69) is 0 Å². The number of halogens is 1. The van der Waals surface area contributed by atoms with Gasteiger partial charge in [-0.1, -0.05) is 6.92 Å². The van der Waals surface area contributed by atoms with Gasteiger partial charge < -0.3 is 10.5 Å². The lowest BCUT2D eigenvalue weighted by Crippen LogP contribution is -2.21. The summed E-state index contributed by atoms with van der Waals surface area (Å²) in [5.74, 6) is 0.458. The molecule has 78 valence electrons. The summed E-state index contributed by atoms with van der Waals surface area (Å²) < 4.78 is 18.1. The molecule has 0 aromatic heterocycles. The fourth-order valence-corrected chi connectivity index (χ4v) is 1.33. The van der Waals surface area contributed by atoms with Crippen LogP contribution in [0.3, 0.4) is 0 Å². The highest BCUT2D eigenvalue weighted by Gasteiger charge is 2.08. The topological polar surface area (TPSA) is 35.2 Å². The molecule has 1 aromatic rings. The molecule has 2 N–H and O–H groups in total. The number of nitrogens with two attached hydrogens (primary N) is 1. The highest BCUT2D eigenvalue weighted by atomic mass is 19.1. The third-order valence-electron chi connectivity index (χ3n) is 2.25. The first-order valence-corrected chi connectivity index (χ1v) is 4.75. The predicted molar refractivity (Wildman–Crippen MR) is 54.9 cm³/mol. The van der Waals surface area contributed by atoms with Crippen LogP contribution in [0, 0.1) is 5.82 Å². The standard InChI is InChI=1S/C11H16FNO/c1-3-10(13)7-8-6-9(12)4-5-11(8)14-2/h4-6,10H,3,7,13H2,1-2H3. The number of ether oxygens (including phenoxy) is 1. The van der Waals surface area contributed by atoms with Crippen LogP contribution < -0.4 is 10.5 Å². The van der Waals surface area contributed by atoms with E-state index < -0.39 is 0 Å². The largest absolute Gasteiger partial charge is 0.496 e. The summed E-state index contributed by atoms with van der Waals surface area (Å²) in [6.45, 7) is 2.01. The SMILES string of the molecule is CCC(N)Cc1cc(F)ccc1OC. The van der Waals surface area contributed by atoms with Crippen molar-refractivity contribution in [2.75, 3.05) is 7.11 Å². The summed E-state index contributed by atoms with van der Waals surface area (Å²) in [6.07, 6.45) is 1.52. The van der Waals surface area contributed by atoms with E-state index in [1.165, 1.54) is 12.1 Å². The average Bonchev–Trinajstić information content (AvgIpc) is 2.18. The van der Waals surface area contributed by atoms with Gasteiger partial charge in [0.25, 0.3) is 0 Å². The van der Waals surface area contributed by atoms with E-state index in [0.717, 1.165) is 12.0 Å². The molecule has 1 rings (SSSR count). The van der Waals surface area contributed by atoms with Crippen LogP contribution in [0.5, 0.6) is 5.75 Å². The van der Waals surface area contributed by atoms with Crippen molar-refractivity contribution in [1.29, 1.82) is 0 Å². The van der Waals surface area contributed by atoms with Gasteiger partial charge in [0.15, 0.2) is 0 Å².